The van der Waals surface area contributed by atoms with Gasteiger partial charge in [-0.1, -0.05) is 0 Å². The van der Waals surface area contributed by atoms with Crippen LogP contribution in [0.1, 0.15) is 16.7 Å². The van der Waals surface area contributed by atoms with Gasteiger partial charge in [-0.2, -0.15) is 26.3 Å². The summed E-state index contributed by atoms with van der Waals surface area (Å²) >= 11 is 2.34. The molecule has 0 aliphatic heterocycles. The Bertz CT molecular complexity index is 387. The zero-order valence-electron chi connectivity index (χ0n) is 8.08. The molecule has 1 aromatic carbocycles. The summed E-state index contributed by atoms with van der Waals surface area (Å²) in [5, 5.41) is 0. The smallest absolute Gasteiger partial charge is 0.326 e. The highest BCUT2D eigenvalue weighted by molar-refractivity contribution is 9.10. The first-order chi connectivity index (χ1) is 7.57. The number of alkyl halides is 6. The fourth-order valence-corrected chi connectivity index (χ4v) is 1.89. The predicted octanol–water partition coefficient (Wildman–Crippen LogP) is 3.95. The van der Waals surface area contributed by atoms with E-state index in [2.05, 4.69) is 15.9 Å². The minimum Gasteiger partial charge on any atom is -0.326 e. The lowest BCUT2D eigenvalue weighted by molar-refractivity contribution is -0.144. The van der Waals surface area contributed by atoms with Crippen molar-refractivity contribution in [2.45, 2.75) is 18.9 Å². The van der Waals surface area contributed by atoms with Gasteiger partial charge in [0.15, 0.2) is 0 Å². The summed E-state index contributed by atoms with van der Waals surface area (Å²) in [6, 6.07) is 1.19. The fourth-order valence-electron chi connectivity index (χ4n) is 1.21. The van der Waals surface area contributed by atoms with Gasteiger partial charge in [-0.25, -0.2) is 0 Å². The molecule has 0 spiro atoms. The van der Waals surface area contributed by atoms with Gasteiger partial charge < -0.3 is 5.73 Å². The average Bonchev–Trinajstić information content (AvgIpc) is 2.14. The molecule has 0 atom stereocenters. The van der Waals surface area contributed by atoms with Gasteiger partial charge in [0, 0.05) is 11.0 Å². The van der Waals surface area contributed by atoms with E-state index in [0.29, 0.717) is 12.1 Å². The molecule has 0 aliphatic carbocycles. The van der Waals surface area contributed by atoms with Crippen LogP contribution in [0.5, 0.6) is 0 Å². The average molecular weight is 322 g/mol. The van der Waals surface area contributed by atoms with Crippen molar-refractivity contribution in [3.05, 3.63) is 33.3 Å². The number of rotatable bonds is 1. The molecule has 0 bridgehead atoms. The molecule has 8 heteroatoms. The minimum absolute atomic E-state index is 0.229. The molecule has 1 aromatic rings. The van der Waals surface area contributed by atoms with Crippen LogP contribution < -0.4 is 5.73 Å². The van der Waals surface area contributed by atoms with Gasteiger partial charge in [0.25, 0.3) is 0 Å². The summed E-state index contributed by atoms with van der Waals surface area (Å²) in [6.45, 7) is -0.403. The Labute approximate surface area is 101 Å². The SMILES string of the molecule is NCc1cc(C(F)(F)F)c(Br)c(C(F)(F)F)c1. The Kier molecular flexibility index (Phi) is 3.78. The van der Waals surface area contributed by atoms with Gasteiger partial charge in [-0.05, 0) is 33.6 Å². The number of benzene rings is 1. The molecule has 96 valence electrons. The summed E-state index contributed by atoms with van der Waals surface area (Å²) < 4.78 is 74.0. The Morgan fingerprint density at radius 1 is 0.941 bits per heavy atom. The van der Waals surface area contributed by atoms with Crippen molar-refractivity contribution < 1.29 is 26.3 Å². The van der Waals surface area contributed by atoms with Crippen molar-refractivity contribution in [3.63, 3.8) is 0 Å². The number of halogens is 7. The second-order valence-corrected chi connectivity index (χ2v) is 4.00. The molecule has 0 heterocycles. The molecule has 2 N–H and O–H groups in total. The third kappa shape index (κ3) is 3.12. The van der Waals surface area contributed by atoms with Crippen molar-refractivity contribution in [1.29, 1.82) is 0 Å². The van der Waals surface area contributed by atoms with Gasteiger partial charge >= 0.3 is 12.4 Å². The van der Waals surface area contributed by atoms with E-state index in [1.54, 1.807) is 0 Å². The van der Waals surface area contributed by atoms with Gasteiger partial charge in [0.2, 0.25) is 0 Å². The molecule has 0 unspecified atom stereocenters. The Morgan fingerprint density at radius 2 is 1.29 bits per heavy atom. The maximum Gasteiger partial charge on any atom is 0.417 e. The molecule has 0 aromatic heterocycles. The first-order valence-corrected chi connectivity index (χ1v) is 5.03. The van der Waals surface area contributed by atoms with E-state index >= 15 is 0 Å². The van der Waals surface area contributed by atoms with Crippen LogP contribution in [-0.2, 0) is 18.9 Å². The lowest BCUT2D eigenvalue weighted by Gasteiger charge is -2.16. The third-order valence-corrected chi connectivity index (χ3v) is 2.83. The van der Waals surface area contributed by atoms with Crippen LogP contribution in [0.15, 0.2) is 16.6 Å². The molecule has 1 nitrogen and oxygen atoms in total. The highest BCUT2D eigenvalue weighted by atomic mass is 79.9. The third-order valence-electron chi connectivity index (χ3n) is 1.98. The van der Waals surface area contributed by atoms with Crippen molar-refractivity contribution in [2.24, 2.45) is 5.73 Å². The van der Waals surface area contributed by atoms with Crippen molar-refractivity contribution >= 4 is 15.9 Å². The largest absolute Gasteiger partial charge is 0.417 e. The van der Waals surface area contributed by atoms with E-state index in [-0.39, 0.29) is 5.56 Å². The molecule has 0 radical (unpaired) electrons. The summed E-state index contributed by atoms with van der Waals surface area (Å²) in [5.41, 5.74) is 2.08. The standard InChI is InChI=1S/C9H6BrF6N/c10-7-5(8(11,12)13)1-4(3-17)2-6(7)9(14,15)16/h1-2H,3,17H2. The maximum atomic E-state index is 12.5. The molecule has 0 saturated heterocycles. The van der Waals surface area contributed by atoms with Crippen molar-refractivity contribution in [3.8, 4) is 0 Å². The number of hydrogen-bond acceptors (Lipinski definition) is 1. The fraction of sp³-hybridized carbons (Fsp3) is 0.333. The van der Waals surface area contributed by atoms with E-state index in [4.69, 9.17) is 5.73 Å². The van der Waals surface area contributed by atoms with Crippen LogP contribution >= 0.6 is 15.9 Å². The van der Waals surface area contributed by atoms with Crippen LogP contribution in [-0.4, -0.2) is 0 Å². The van der Waals surface area contributed by atoms with E-state index < -0.39 is 34.5 Å². The second kappa shape index (κ2) is 4.49. The van der Waals surface area contributed by atoms with Crippen LogP contribution in [0, 0.1) is 0 Å². The first kappa shape index (κ1) is 14.3. The summed E-state index contributed by atoms with van der Waals surface area (Å²) in [5.74, 6) is 0. The van der Waals surface area contributed by atoms with Crippen molar-refractivity contribution in [2.75, 3.05) is 0 Å². The Morgan fingerprint density at radius 3 is 1.53 bits per heavy atom. The summed E-state index contributed by atoms with van der Waals surface area (Å²) in [6.07, 6.45) is -9.74. The van der Waals surface area contributed by atoms with Gasteiger partial charge in [-0.3, -0.25) is 0 Å². The summed E-state index contributed by atoms with van der Waals surface area (Å²) in [7, 11) is 0. The normalized spacial score (nSPS) is 12.9. The van der Waals surface area contributed by atoms with E-state index in [1.165, 1.54) is 0 Å². The zero-order chi connectivity index (χ0) is 13.4. The molecule has 0 amide bonds. The molecule has 1 rings (SSSR count). The van der Waals surface area contributed by atoms with E-state index in [1.807, 2.05) is 0 Å². The zero-order valence-corrected chi connectivity index (χ0v) is 9.67. The minimum atomic E-state index is -4.87. The topological polar surface area (TPSA) is 26.0 Å². The highest BCUT2D eigenvalue weighted by Gasteiger charge is 2.40. The highest BCUT2D eigenvalue weighted by Crippen LogP contribution is 2.42. The lowest BCUT2D eigenvalue weighted by atomic mass is 10.0. The monoisotopic (exact) mass is 321 g/mol. The molecule has 0 aliphatic rings. The van der Waals surface area contributed by atoms with Crippen LogP contribution in [0.3, 0.4) is 0 Å². The Balaban J connectivity index is 3.53. The van der Waals surface area contributed by atoms with Crippen LogP contribution in [0.2, 0.25) is 0 Å². The van der Waals surface area contributed by atoms with E-state index in [9.17, 15) is 26.3 Å². The molecule has 0 saturated carbocycles. The molecule has 0 fully saturated rings. The van der Waals surface area contributed by atoms with Gasteiger partial charge in [-0.15, -0.1) is 0 Å². The van der Waals surface area contributed by atoms with Gasteiger partial charge in [0.1, 0.15) is 0 Å². The molecule has 17 heavy (non-hydrogen) atoms. The lowest BCUT2D eigenvalue weighted by Crippen LogP contribution is -2.14. The molecular formula is C9H6BrF6N. The number of hydrogen-bond donors (Lipinski definition) is 1. The van der Waals surface area contributed by atoms with Crippen molar-refractivity contribution in [1.82, 2.24) is 0 Å². The molecular weight excluding hydrogens is 316 g/mol. The quantitative estimate of drug-likeness (QED) is 0.779. The maximum absolute atomic E-state index is 12.5. The first-order valence-electron chi connectivity index (χ1n) is 4.24. The van der Waals surface area contributed by atoms with E-state index in [0.717, 1.165) is 0 Å². The van der Waals surface area contributed by atoms with Crippen LogP contribution in [0.4, 0.5) is 26.3 Å². The second-order valence-electron chi connectivity index (χ2n) is 3.20. The summed E-state index contributed by atoms with van der Waals surface area (Å²) in [4.78, 5) is 0. The van der Waals surface area contributed by atoms with Crippen LogP contribution in [0.25, 0.3) is 0 Å². The Hall–Kier alpha value is -0.760. The van der Waals surface area contributed by atoms with Gasteiger partial charge in [0.05, 0.1) is 11.1 Å². The predicted molar refractivity (Wildman–Crippen MR) is 52.0 cm³/mol. The number of nitrogens with two attached hydrogens (primary N) is 1.